The predicted octanol–water partition coefficient (Wildman–Crippen LogP) is 1.47. The molecule has 0 bridgehead atoms. The van der Waals surface area contributed by atoms with Crippen LogP contribution in [0.4, 0.5) is 4.39 Å². The smallest absolute Gasteiger partial charge is 0.268 e. The van der Waals surface area contributed by atoms with Crippen LogP contribution in [0, 0.1) is 5.82 Å². The lowest BCUT2D eigenvalue weighted by Gasteiger charge is -2.06. The zero-order valence-electron chi connectivity index (χ0n) is 6.99. The van der Waals surface area contributed by atoms with Gasteiger partial charge in [0, 0.05) is 10.7 Å². The van der Waals surface area contributed by atoms with Crippen molar-refractivity contribution in [3.63, 3.8) is 0 Å². The number of phenols is 1. The van der Waals surface area contributed by atoms with E-state index in [1.54, 1.807) is 0 Å². The number of methoxy groups -OCH3 is 1. The lowest BCUT2D eigenvalue weighted by molar-refractivity contribution is 0.379. The van der Waals surface area contributed by atoms with E-state index in [-0.39, 0.29) is 5.75 Å². The molecule has 0 amide bonds. The van der Waals surface area contributed by atoms with Gasteiger partial charge in [-0.15, -0.1) is 0 Å². The molecule has 0 aliphatic rings. The molecule has 0 spiro atoms. The Hall–Kier alpha value is -1.01. The highest BCUT2D eigenvalue weighted by Crippen LogP contribution is 2.33. The second kappa shape index (κ2) is 3.62. The van der Waals surface area contributed by atoms with Gasteiger partial charge in [-0.1, -0.05) is 0 Å². The molecule has 0 radical (unpaired) electrons. The van der Waals surface area contributed by atoms with E-state index in [0.29, 0.717) is 0 Å². The molecule has 0 heterocycles. The van der Waals surface area contributed by atoms with Crippen molar-refractivity contribution in [1.29, 1.82) is 0 Å². The number of phenolic OH excluding ortho intramolecular Hbond substituents is 1. The van der Waals surface area contributed by atoms with Crippen LogP contribution in [0.2, 0.25) is 0 Å². The van der Waals surface area contributed by atoms with Crippen LogP contribution in [0.5, 0.6) is 11.5 Å². The van der Waals surface area contributed by atoms with Crippen LogP contribution in [0.25, 0.3) is 0 Å². The number of ether oxygens (including phenoxy) is 1. The first-order valence-electron chi connectivity index (χ1n) is 3.38. The molecule has 1 aromatic carbocycles. The fourth-order valence-corrected chi connectivity index (χ4v) is 2.06. The number of halogens is 2. The third kappa shape index (κ3) is 1.91. The van der Waals surface area contributed by atoms with Gasteiger partial charge in [-0.3, -0.25) is 0 Å². The Bertz CT molecular complexity index is 457. The second-order valence-electron chi connectivity index (χ2n) is 2.37. The van der Waals surface area contributed by atoms with E-state index in [4.69, 9.17) is 15.8 Å². The van der Waals surface area contributed by atoms with Gasteiger partial charge in [-0.05, 0) is 12.1 Å². The third-order valence-electron chi connectivity index (χ3n) is 1.50. The van der Waals surface area contributed by atoms with Crippen LogP contribution in [0.15, 0.2) is 17.0 Å². The Morgan fingerprint density at radius 2 is 2.07 bits per heavy atom. The molecule has 0 aromatic heterocycles. The summed E-state index contributed by atoms with van der Waals surface area (Å²) in [6.45, 7) is 0. The zero-order chi connectivity index (χ0) is 10.9. The highest BCUT2D eigenvalue weighted by atomic mass is 35.7. The molecule has 0 aliphatic heterocycles. The monoisotopic (exact) mass is 240 g/mol. The predicted molar refractivity (Wildman–Crippen MR) is 47.7 cm³/mol. The van der Waals surface area contributed by atoms with E-state index in [2.05, 4.69) is 4.74 Å². The fourth-order valence-electron chi connectivity index (χ4n) is 0.916. The van der Waals surface area contributed by atoms with E-state index < -0.39 is 25.5 Å². The summed E-state index contributed by atoms with van der Waals surface area (Å²) in [6.07, 6.45) is 0. The summed E-state index contributed by atoms with van der Waals surface area (Å²) >= 11 is 0. The Morgan fingerprint density at radius 3 is 2.50 bits per heavy atom. The van der Waals surface area contributed by atoms with Gasteiger partial charge in [0.25, 0.3) is 9.05 Å². The molecule has 0 fully saturated rings. The number of benzene rings is 1. The average Bonchev–Trinajstić information content (AvgIpc) is 2.07. The summed E-state index contributed by atoms with van der Waals surface area (Å²) in [7, 11) is 1.84. The van der Waals surface area contributed by atoms with Crippen molar-refractivity contribution in [3.05, 3.63) is 17.9 Å². The number of hydrogen-bond donors (Lipinski definition) is 1. The molecule has 1 aromatic rings. The van der Waals surface area contributed by atoms with E-state index >= 15 is 0 Å². The number of hydrogen-bond acceptors (Lipinski definition) is 4. The summed E-state index contributed by atoms with van der Waals surface area (Å²) in [5.41, 5.74) is 0. The summed E-state index contributed by atoms with van der Waals surface area (Å²) in [4.78, 5) is -0.860. The van der Waals surface area contributed by atoms with E-state index in [1.807, 2.05) is 0 Å². The first-order chi connectivity index (χ1) is 6.38. The lowest BCUT2D eigenvalue weighted by atomic mass is 10.3. The Labute approximate surface area is 84.3 Å². The van der Waals surface area contributed by atoms with Gasteiger partial charge < -0.3 is 9.84 Å². The standard InChI is InChI=1S/C7H6ClFO4S/c1-13-5-3-2-4(10)6(9)7(5)14(8,11)12/h2-3,10H,1H3. The zero-order valence-corrected chi connectivity index (χ0v) is 8.56. The van der Waals surface area contributed by atoms with Crippen molar-refractivity contribution in [3.8, 4) is 11.5 Å². The minimum atomic E-state index is -4.29. The van der Waals surface area contributed by atoms with Crippen molar-refractivity contribution in [2.75, 3.05) is 7.11 Å². The first-order valence-corrected chi connectivity index (χ1v) is 5.69. The normalized spacial score (nSPS) is 11.4. The van der Waals surface area contributed by atoms with Crippen LogP contribution in [0.3, 0.4) is 0 Å². The largest absolute Gasteiger partial charge is 0.505 e. The van der Waals surface area contributed by atoms with Crippen molar-refractivity contribution >= 4 is 19.7 Å². The molecule has 78 valence electrons. The van der Waals surface area contributed by atoms with Gasteiger partial charge >= 0.3 is 0 Å². The second-order valence-corrected chi connectivity index (χ2v) is 4.87. The molecule has 4 nitrogen and oxygen atoms in total. The van der Waals surface area contributed by atoms with Crippen LogP contribution in [0.1, 0.15) is 0 Å². The maximum absolute atomic E-state index is 13.2. The van der Waals surface area contributed by atoms with Gasteiger partial charge in [0.05, 0.1) is 7.11 Å². The minimum absolute atomic E-state index is 0.254. The molecule has 0 saturated heterocycles. The van der Waals surface area contributed by atoms with Crippen molar-refractivity contribution in [1.82, 2.24) is 0 Å². The van der Waals surface area contributed by atoms with Crippen LogP contribution >= 0.6 is 10.7 Å². The topological polar surface area (TPSA) is 63.6 Å². The van der Waals surface area contributed by atoms with Gasteiger partial charge in [0.1, 0.15) is 5.75 Å². The highest BCUT2D eigenvalue weighted by molar-refractivity contribution is 8.13. The number of aromatic hydroxyl groups is 1. The van der Waals surface area contributed by atoms with Crippen molar-refractivity contribution < 1.29 is 22.7 Å². The van der Waals surface area contributed by atoms with Gasteiger partial charge in [0.15, 0.2) is 16.5 Å². The first kappa shape index (κ1) is 11.1. The summed E-state index contributed by atoms with van der Waals surface area (Å²) in [6, 6.07) is 2.08. The van der Waals surface area contributed by atoms with Gasteiger partial charge in [-0.25, -0.2) is 12.8 Å². The van der Waals surface area contributed by atoms with Crippen LogP contribution < -0.4 is 4.74 Å². The highest BCUT2D eigenvalue weighted by Gasteiger charge is 2.24. The van der Waals surface area contributed by atoms with Gasteiger partial charge in [0.2, 0.25) is 0 Å². The van der Waals surface area contributed by atoms with Crippen LogP contribution in [-0.4, -0.2) is 20.6 Å². The maximum atomic E-state index is 13.2. The Morgan fingerprint density at radius 1 is 1.50 bits per heavy atom. The van der Waals surface area contributed by atoms with Crippen LogP contribution in [-0.2, 0) is 9.05 Å². The molecule has 7 heteroatoms. The molecular weight excluding hydrogens is 235 g/mol. The maximum Gasteiger partial charge on any atom is 0.268 e. The third-order valence-corrected chi connectivity index (χ3v) is 2.84. The molecular formula is C7H6ClFO4S. The van der Waals surface area contributed by atoms with Crippen molar-refractivity contribution in [2.24, 2.45) is 0 Å². The fraction of sp³-hybridized carbons (Fsp3) is 0.143. The minimum Gasteiger partial charge on any atom is -0.505 e. The van der Waals surface area contributed by atoms with Gasteiger partial charge in [-0.2, -0.15) is 0 Å². The molecule has 1 rings (SSSR count). The van der Waals surface area contributed by atoms with E-state index in [0.717, 1.165) is 19.2 Å². The SMILES string of the molecule is COc1ccc(O)c(F)c1S(=O)(=O)Cl. The quantitative estimate of drug-likeness (QED) is 0.795. The average molecular weight is 241 g/mol. The molecule has 1 N–H and O–H groups in total. The Balaban J connectivity index is 3.60. The molecule has 0 atom stereocenters. The molecule has 0 saturated carbocycles. The number of rotatable bonds is 2. The summed E-state index contributed by atoms with van der Waals surface area (Å²) in [5.74, 6) is -2.38. The lowest BCUT2D eigenvalue weighted by Crippen LogP contribution is -2.00. The molecule has 0 unspecified atom stereocenters. The Kier molecular flexibility index (Phi) is 2.86. The summed E-state index contributed by atoms with van der Waals surface area (Å²) in [5, 5.41) is 8.93. The summed E-state index contributed by atoms with van der Waals surface area (Å²) < 4.78 is 39.6. The van der Waals surface area contributed by atoms with E-state index in [1.165, 1.54) is 0 Å². The molecule has 0 aliphatic carbocycles. The van der Waals surface area contributed by atoms with E-state index in [9.17, 15) is 12.8 Å². The van der Waals surface area contributed by atoms with Crippen molar-refractivity contribution in [2.45, 2.75) is 4.90 Å². The molecule has 14 heavy (non-hydrogen) atoms.